The molecule has 1 atom stereocenters. The standard InChI is InChI=1S/C15H14N4OS/c1-8-13(10(3)20-18-8)9(2)19-12-6-4-5-11(7-16)14(12)17-15(19)21/h4-6,9H,1-3H3,(H,17,21). The van der Waals surface area contributed by atoms with Gasteiger partial charge in [-0.25, -0.2) is 0 Å². The molecule has 1 aromatic carbocycles. The number of nitrogens with zero attached hydrogens (tertiary/aromatic N) is 3. The lowest BCUT2D eigenvalue weighted by molar-refractivity contribution is 0.391. The fraction of sp³-hybridized carbons (Fsp3) is 0.267. The van der Waals surface area contributed by atoms with Gasteiger partial charge in [0, 0.05) is 5.56 Å². The lowest BCUT2D eigenvalue weighted by atomic mass is 10.1. The average Bonchev–Trinajstić information content (AvgIpc) is 2.97. The number of hydrogen-bond donors (Lipinski definition) is 1. The number of nitrogens with one attached hydrogen (secondary N) is 1. The molecule has 0 saturated carbocycles. The van der Waals surface area contributed by atoms with E-state index in [2.05, 4.69) is 23.1 Å². The Morgan fingerprint density at radius 1 is 1.43 bits per heavy atom. The zero-order valence-electron chi connectivity index (χ0n) is 12.0. The van der Waals surface area contributed by atoms with Gasteiger partial charge in [-0.2, -0.15) is 5.26 Å². The number of aromatic amines is 1. The zero-order valence-corrected chi connectivity index (χ0v) is 12.8. The van der Waals surface area contributed by atoms with E-state index in [1.54, 1.807) is 6.07 Å². The molecule has 0 aliphatic carbocycles. The molecular weight excluding hydrogens is 284 g/mol. The maximum absolute atomic E-state index is 9.21. The minimum Gasteiger partial charge on any atom is -0.361 e. The number of H-pyrrole nitrogens is 1. The Bertz CT molecular complexity index is 906. The van der Waals surface area contributed by atoms with E-state index in [-0.39, 0.29) is 6.04 Å². The smallest absolute Gasteiger partial charge is 0.178 e. The van der Waals surface area contributed by atoms with Gasteiger partial charge < -0.3 is 14.1 Å². The van der Waals surface area contributed by atoms with Crippen LogP contribution in [0.5, 0.6) is 0 Å². The van der Waals surface area contributed by atoms with Gasteiger partial charge in [-0.15, -0.1) is 0 Å². The Morgan fingerprint density at radius 3 is 2.81 bits per heavy atom. The molecule has 1 N–H and O–H groups in total. The number of nitriles is 1. The van der Waals surface area contributed by atoms with Crippen LogP contribution in [0.15, 0.2) is 22.7 Å². The first-order valence-corrected chi connectivity index (χ1v) is 7.01. The molecule has 6 heteroatoms. The number of para-hydroxylation sites is 1. The molecule has 0 saturated heterocycles. The van der Waals surface area contributed by atoms with E-state index in [1.165, 1.54) is 0 Å². The van der Waals surface area contributed by atoms with Gasteiger partial charge in [0.15, 0.2) is 4.77 Å². The van der Waals surface area contributed by atoms with Crippen LogP contribution >= 0.6 is 12.2 Å². The van der Waals surface area contributed by atoms with Crippen LogP contribution in [0.3, 0.4) is 0 Å². The summed E-state index contributed by atoms with van der Waals surface area (Å²) >= 11 is 5.44. The highest BCUT2D eigenvalue weighted by atomic mass is 32.1. The molecule has 2 heterocycles. The number of hydrogen-bond acceptors (Lipinski definition) is 4. The van der Waals surface area contributed by atoms with Crippen LogP contribution in [0.2, 0.25) is 0 Å². The first-order valence-electron chi connectivity index (χ1n) is 6.60. The summed E-state index contributed by atoms with van der Waals surface area (Å²) in [5.74, 6) is 0.785. The molecule has 106 valence electrons. The molecule has 0 radical (unpaired) electrons. The van der Waals surface area contributed by atoms with E-state index < -0.39 is 0 Å². The Hall–Kier alpha value is -2.39. The lowest BCUT2D eigenvalue weighted by Gasteiger charge is -2.14. The molecule has 0 bridgehead atoms. The minimum absolute atomic E-state index is 0.0218. The third-order valence-electron chi connectivity index (χ3n) is 3.77. The summed E-state index contributed by atoms with van der Waals surface area (Å²) in [6, 6.07) is 7.76. The molecule has 0 spiro atoms. The van der Waals surface area contributed by atoms with Gasteiger partial charge >= 0.3 is 0 Å². The van der Waals surface area contributed by atoms with Gasteiger partial charge in [0.1, 0.15) is 11.8 Å². The number of rotatable bonds is 2. The summed E-state index contributed by atoms with van der Waals surface area (Å²) in [6.07, 6.45) is 0. The molecule has 3 rings (SSSR count). The first kappa shape index (κ1) is 13.6. The van der Waals surface area contributed by atoms with E-state index in [0.29, 0.717) is 10.3 Å². The van der Waals surface area contributed by atoms with Gasteiger partial charge in [0.05, 0.1) is 28.3 Å². The second kappa shape index (κ2) is 4.86. The molecule has 2 aromatic heterocycles. The van der Waals surface area contributed by atoms with Crippen molar-refractivity contribution in [2.45, 2.75) is 26.8 Å². The summed E-state index contributed by atoms with van der Waals surface area (Å²) in [4.78, 5) is 3.13. The van der Waals surface area contributed by atoms with Crippen molar-refractivity contribution < 1.29 is 4.52 Å². The van der Waals surface area contributed by atoms with Gasteiger partial charge in [-0.05, 0) is 45.1 Å². The number of fused-ring (bicyclic) bond motifs is 1. The molecular formula is C15H14N4OS. The highest BCUT2D eigenvalue weighted by molar-refractivity contribution is 7.71. The van der Waals surface area contributed by atoms with Gasteiger partial charge in [0.2, 0.25) is 0 Å². The Balaban J connectivity index is 2.29. The van der Waals surface area contributed by atoms with Crippen LogP contribution in [-0.2, 0) is 0 Å². The van der Waals surface area contributed by atoms with Crippen LogP contribution in [0.4, 0.5) is 0 Å². The number of aryl methyl sites for hydroxylation is 2. The SMILES string of the molecule is Cc1noc(C)c1C(C)n1c(=S)[nH]c2c(C#N)cccc21. The van der Waals surface area contributed by atoms with E-state index in [9.17, 15) is 5.26 Å². The molecule has 1 unspecified atom stereocenters. The van der Waals surface area contributed by atoms with Crippen LogP contribution in [0.25, 0.3) is 11.0 Å². The Labute approximate surface area is 126 Å². The van der Waals surface area contributed by atoms with Gasteiger partial charge in [-0.3, -0.25) is 0 Å². The van der Waals surface area contributed by atoms with E-state index in [0.717, 1.165) is 28.1 Å². The number of imidazole rings is 1. The van der Waals surface area contributed by atoms with Gasteiger partial charge in [0.25, 0.3) is 0 Å². The van der Waals surface area contributed by atoms with Crippen molar-refractivity contribution in [2.24, 2.45) is 0 Å². The quantitative estimate of drug-likeness (QED) is 0.731. The monoisotopic (exact) mass is 298 g/mol. The Morgan fingerprint density at radius 2 is 2.19 bits per heavy atom. The third kappa shape index (κ3) is 1.98. The van der Waals surface area contributed by atoms with E-state index in [4.69, 9.17) is 16.7 Å². The fourth-order valence-corrected chi connectivity index (χ4v) is 3.20. The predicted molar refractivity (Wildman–Crippen MR) is 81.6 cm³/mol. The van der Waals surface area contributed by atoms with Crippen LogP contribution in [0.1, 0.15) is 35.5 Å². The van der Waals surface area contributed by atoms with Crippen molar-refractivity contribution in [3.05, 3.63) is 45.6 Å². The first-order chi connectivity index (χ1) is 10.0. The van der Waals surface area contributed by atoms with Crippen molar-refractivity contribution in [2.75, 3.05) is 0 Å². The van der Waals surface area contributed by atoms with E-state index in [1.807, 2.05) is 30.5 Å². The summed E-state index contributed by atoms with van der Waals surface area (Å²) in [6.45, 7) is 5.86. The van der Waals surface area contributed by atoms with Crippen molar-refractivity contribution in [1.29, 1.82) is 5.26 Å². The molecule has 3 aromatic rings. The van der Waals surface area contributed by atoms with Gasteiger partial charge in [-0.1, -0.05) is 11.2 Å². The highest BCUT2D eigenvalue weighted by Gasteiger charge is 2.21. The third-order valence-corrected chi connectivity index (χ3v) is 4.07. The molecule has 0 fully saturated rings. The second-order valence-corrected chi connectivity index (χ2v) is 5.41. The highest BCUT2D eigenvalue weighted by Crippen LogP contribution is 2.29. The van der Waals surface area contributed by atoms with E-state index >= 15 is 0 Å². The molecule has 21 heavy (non-hydrogen) atoms. The topological polar surface area (TPSA) is 70.5 Å². The maximum Gasteiger partial charge on any atom is 0.178 e. The summed E-state index contributed by atoms with van der Waals surface area (Å²) in [5.41, 5.74) is 4.14. The molecule has 0 aliphatic heterocycles. The Kier molecular flexibility index (Phi) is 3.15. The molecule has 5 nitrogen and oxygen atoms in total. The van der Waals surface area contributed by atoms with Crippen LogP contribution < -0.4 is 0 Å². The summed E-state index contributed by atoms with van der Waals surface area (Å²) in [7, 11) is 0. The van der Waals surface area contributed by atoms with Crippen LogP contribution in [0, 0.1) is 29.9 Å². The average molecular weight is 298 g/mol. The minimum atomic E-state index is -0.0218. The normalized spacial score (nSPS) is 12.5. The summed E-state index contributed by atoms with van der Waals surface area (Å²) < 4.78 is 7.83. The summed E-state index contributed by atoms with van der Waals surface area (Å²) in [5, 5.41) is 13.2. The second-order valence-electron chi connectivity index (χ2n) is 5.03. The number of aromatic nitrogens is 3. The number of benzene rings is 1. The predicted octanol–water partition coefficient (Wildman–Crippen LogP) is 3.78. The zero-order chi connectivity index (χ0) is 15.1. The van der Waals surface area contributed by atoms with Crippen LogP contribution in [-0.4, -0.2) is 14.7 Å². The molecule has 0 amide bonds. The van der Waals surface area contributed by atoms with Crippen molar-refractivity contribution in [3.63, 3.8) is 0 Å². The van der Waals surface area contributed by atoms with Crippen molar-refractivity contribution in [3.8, 4) is 6.07 Å². The van der Waals surface area contributed by atoms with Crippen molar-refractivity contribution in [1.82, 2.24) is 14.7 Å². The maximum atomic E-state index is 9.21. The largest absolute Gasteiger partial charge is 0.361 e. The fourth-order valence-electron chi connectivity index (χ4n) is 2.84. The lowest BCUT2D eigenvalue weighted by Crippen LogP contribution is -2.08. The van der Waals surface area contributed by atoms with Crippen molar-refractivity contribution >= 4 is 23.3 Å². The molecule has 0 aliphatic rings.